The summed E-state index contributed by atoms with van der Waals surface area (Å²) in [6.07, 6.45) is 3.03. The van der Waals surface area contributed by atoms with Crippen molar-refractivity contribution in [2.75, 3.05) is 19.8 Å². The van der Waals surface area contributed by atoms with Crippen LogP contribution >= 0.6 is 22.9 Å². The van der Waals surface area contributed by atoms with Gasteiger partial charge in [-0.1, -0.05) is 11.6 Å². The molecule has 1 aromatic rings. The molecular formula is C10H15ClN2O2S. The molecule has 16 heavy (non-hydrogen) atoms. The molecule has 6 heteroatoms. The lowest BCUT2D eigenvalue weighted by Gasteiger charge is -2.32. The van der Waals surface area contributed by atoms with Gasteiger partial charge in [0.2, 0.25) is 0 Å². The van der Waals surface area contributed by atoms with Gasteiger partial charge in [0.25, 0.3) is 0 Å². The van der Waals surface area contributed by atoms with Crippen molar-refractivity contribution in [2.24, 2.45) is 0 Å². The molecule has 0 saturated carbocycles. The van der Waals surface area contributed by atoms with E-state index in [2.05, 4.69) is 10.3 Å². The fourth-order valence-electron chi connectivity index (χ4n) is 1.70. The highest BCUT2D eigenvalue weighted by Crippen LogP contribution is 2.20. The Balaban J connectivity index is 1.74. The first-order valence-corrected chi connectivity index (χ1v) is 6.48. The summed E-state index contributed by atoms with van der Waals surface area (Å²) in [5, 5.41) is 14.3. The van der Waals surface area contributed by atoms with Crippen LogP contribution in [0, 0.1) is 0 Å². The van der Waals surface area contributed by atoms with E-state index in [9.17, 15) is 5.11 Å². The van der Waals surface area contributed by atoms with E-state index < -0.39 is 5.60 Å². The molecule has 0 aliphatic carbocycles. The molecule has 4 nitrogen and oxygen atoms in total. The van der Waals surface area contributed by atoms with E-state index in [0.717, 1.165) is 5.01 Å². The zero-order valence-electron chi connectivity index (χ0n) is 8.91. The second-order valence-electron chi connectivity index (χ2n) is 4.00. The van der Waals surface area contributed by atoms with Gasteiger partial charge in [-0.2, -0.15) is 0 Å². The quantitative estimate of drug-likeness (QED) is 0.862. The molecule has 1 aliphatic rings. The molecule has 0 bridgehead atoms. The Morgan fingerprint density at radius 2 is 2.31 bits per heavy atom. The van der Waals surface area contributed by atoms with Crippen LogP contribution in [0.25, 0.3) is 0 Å². The monoisotopic (exact) mass is 262 g/mol. The largest absolute Gasteiger partial charge is 0.388 e. The molecule has 1 fully saturated rings. The fourth-order valence-corrected chi connectivity index (χ4v) is 2.63. The first kappa shape index (κ1) is 12.3. The number of halogens is 1. The lowest BCUT2D eigenvalue weighted by molar-refractivity contribution is -0.0617. The van der Waals surface area contributed by atoms with E-state index in [0.29, 0.717) is 43.5 Å². The second kappa shape index (κ2) is 5.42. The van der Waals surface area contributed by atoms with Gasteiger partial charge in [-0.05, 0) is 0 Å². The number of thiazole rings is 1. The van der Waals surface area contributed by atoms with Gasteiger partial charge in [0.15, 0.2) is 0 Å². The van der Waals surface area contributed by atoms with Gasteiger partial charge in [0.1, 0.15) is 9.34 Å². The molecule has 0 aromatic carbocycles. The molecule has 2 N–H and O–H groups in total. The number of aromatic nitrogens is 1. The van der Waals surface area contributed by atoms with Crippen molar-refractivity contribution in [3.8, 4) is 0 Å². The summed E-state index contributed by atoms with van der Waals surface area (Å²) < 4.78 is 5.91. The van der Waals surface area contributed by atoms with Crippen molar-refractivity contribution >= 4 is 22.9 Å². The van der Waals surface area contributed by atoms with Crippen LogP contribution in [0.5, 0.6) is 0 Å². The van der Waals surface area contributed by atoms with E-state index in [1.165, 1.54) is 11.3 Å². The van der Waals surface area contributed by atoms with Crippen molar-refractivity contribution in [1.29, 1.82) is 0 Å². The molecule has 0 amide bonds. The van der Waals surface area contributed by atoms with Gasteiger partial charge < -0.3 is 15.2 Å². The van der Waals surface area contributed by atoms with Gasteiger partial charge >= 0.3 is 0 Å². The summed E-state index contributed by atoms with van der Waals surface area (Å²) in [5.74, 6) is 0. The Labute approximate surface area is 104 Å². The number of rotatable bonds is 4. The van der Waals surface area contributed by atoms with Crippen LogP contribution < -0.4 is 5.32 Å². The predicted octanol–water partition coefficient (Wildman–Crippen LogP) is 1.43. The Morgan fingerprint density at radius 3 is 2.94 bits per heavy atom. The molecule has 0 radical (unpaired) electrons. The third-order valence-electron chi connectivity index (χ3n) is 2.68. The fraction of sp³-hybridized carbons (Fsp3) is 0.700. The molecular weight excluding hydrogens is 248 g/mol. The summed E-state index contributed by atoms with van der Waals surface area (Å²) in [6, 6.07) is 0. The van der Waals surface area contributed by atoms with E-state index in [4.69, 9.17) is 16.3 Å². The topological polar surface area (TPSA) is 54.4 Å². The minimum Gasteiger partial charge on any atom is -0.388 e. The molecule has 1 aromatic heterocycles. The maximum atomic E-state index is 10.2. The molecule has 0 unspecified atom stereocenters. The lowest BCUT2D eigenvalue weighted by Crippen LogP contribution is -2.44. The van der Waals surface area contributed by atoms with E-state index >= 15 is 0 Å². The standard InChI is InChI=1S/C10H15ClN2O2S/c11-8-5-13-9(16-8)6-12-7-10(14)1-3-15-4-2-10/h5,12,14H,1-4,6-7H2. The highest BCUT2D eigenvalue weighted by atomic mass is 35.5. The van der Waals surface area contributed by atoms with Crippen molar-refractivity contribution in [3.63, 3.8) is 0 Å². The summed E-state index contributed by atoms with van der Waals surface area (Å²) in [5.41, 5.74) is -0.626. The predicted molar refractivity (Wildman–Crippen MR) is 63.8 cm³/mol. The Kier molecular flexibility index (Phi) is 4.16. The van der Waals surface area contributed by atoms with Gasteiger partial charge in [-0.15, -0.1) is 11.3 Å². The third kappa shape index (κ3) is 3.40. The van der Waals surface area contributed by atoms with Gasteiger partial charge in [-0.3, -0.25) is 0 Å². The highest BCUT2D eigenvalue weighted by molar-refractivity contribution is 7.15. The summed E-state index contributed by atoms with van der Waals surface area (Å²) in [4.78, 5) is 4.14. The number of nitrogens with zero attached hydrogens (tertiary/aromatic N) is 1. The SMILES string of the molecule is OC1(CNCc2ncc(Cl)s2)CCOCC1. The third-order valence-corrected chi connectivity index (χ3v) is 3.79. The zero-order valence-corrected chi connectivity index (χ0v) is 10.5. The average molecular weight is 263 g/mol. The number of hydrogen-bond donors (Lipinski definition) is 2. The minimum atomic E-state index is -0.626. The van der Waals surface area contributed by atoms with Crippen molar-refractivity contribution in [3.05, 3.63) is 15.5 Å². The molecule has 90 valence electrons. The van der Waals surface area contributed by atoms with Crippen LogP contribution in [0.3, 0.4) is 0 Å². The minimum absolute atomic E-state index is 0.577. The summed E-state index contributed by atoms with van der Waals surface area (Å²) in [7, 11) is 0. The summed E-state index contributed by atoms with van der Waals surface area (Å²) in [6.45, 7) is 2.51. The average Bonchev–Trinajstić information content (AvgIpc) is 2.65. The van der Waals surface area contributed by atoms with Crippen LogP contribution in [-0.2, 0) is 11.3 Å². The Hall–Kier alpha value is -0.200. The van der Waals surface area contributed by atoms with Crippen LogP contribution in [-0.4, -0.2) is 35.5 Å². The van der Waals surface area contributed by atoms with Crippen LogP contribution in [0.4, 0.5) is 0 Å². The Bertz CT molecular complexity index is 339. The Morgan fingerprint density at radius 1 is 1.56 bits per heavy atom. The second-order valence-corrected chi connectivity index (χ2v) is 5.74. The van der Waals surface area contributed by atoms with Gasteiger partial charge in [-0.25, -0.2) is 4.98 Å². The van der Waals surface area contributed by atoms with Crippen molar-refractivity contribution in [2.45, 2.75) is 25.0 Å². The normalized spacial score (nSPS) is 19.9. The zero-order chi connectivity index (χ0) is 11.4. The molecule has 0 atom stereocenters. The molecule has 2 rings (SSSR count). The van der Waals surface area contributed by atoms with Crippen LogP contribution in [0.2, 0.25) is 4.34 Å². The van der Waals surface area contributed by atoms with Crippen LogP contribution in [0.1, 0.15) is 17.8 Å². The highest BCUT2D eigenvalue weighted by Gasteiger charge is 2.29. The smallest absolute Gasteiger partial charge is 0.113 e. The summed E-state index contributed by atoms with van der Waals surface area (Å²) >= 11 is 7.24. The number of hydrogen-bond acceptors (Lipinski definition) is 5. The van der Waals surface area contributed by atoms with Gasteiger partial charge in [0.05, 0.1) is 11.8 Å². The van der Waals surface area contributed by atoms with Crippen molar-refractivity contribution in [1.82, 2.24) is 10.3 Å². The van der Waals surface area contributed by atoms with E-state index in [1.54, 1.807) is 6.20 Å². The maximum Gasteiger partial charge on any atom is 0.113 e. The van der Waals surface area contributed by atoms with E-state index in [-0.39, 0.29) is 0 Å². The number of nitrogens with one attached hydrogen (secondary N) is 1. The van der Waals surface area contributed by atoms with Crippen LogP contribution in [0.15, 0.2) is 6.20 Å². The number of aliphatic hydroxyl groups is 1. The van der Waals surface area contributed by atoms with Crippen molar-refractivity contribution < 1.29 is 9.84 Å². The lowest BCUT2D eigenvalue weighted by atomic mass is 9.94. The first-order valence-electron chi connectivity index (χ1n) is 5.29. The molecule has 0 spiro atoms. The molecule has 2 heterocycles. The first-order chi connectivity index (χ1) is 7.68. The number of ether oxygens (including phenoxy) is 1. The van der Waals surface area contributed by atoms with Gasteiger partial charge in [0, 0.05) is 39.1 Å². The molecule has 1 saturated heterocycles. The molecule has 1 aliphatic heterocycles. The van der Waals surface area contributed by atoms with E-state index in [1.807, 2.05) is 0 Å². The maximum absolute atomic E-state index is 10.2.